The van der Waals surface area contributed by atoms with E-state index in [4.69, 9.17) is 11.5 Å². The van der Waals surface area contributed by atoms with Crippen LogP contribution in [0.5, 0.6) is 0 Å². The van der Waals surface area contributed by atoms with Crippen molar-refractivity contribution in [1.29, 1.82) is 0 Å². The lowest BCUT2D eigenvalue weighted by Gasteiger charge is -2.27. The van der Waals surface area contributed by atoms with Crippen LogP contribution in [-0.2, 0) is 29.0 Å². The van der Waals surface area contributed by atoms with E-state index < -0.39 is 6.04 Å². The molecule has 0 bridgehead atoms. The van der Waals surface area contributed by atoms with E-state index in [1.807, 2.05) is 59.5 Å². The highest BCUT2D eigenvalue weighted by Gasteiger charge is 2.27. The molecule has 0 fully saturated rings. The Morgan fingerprint density at radius 3 is 2.30 bits per heavy atom. The predicted molar refractivity (Wildman–Crippen MR) is 148 cm³/mol. The number of carbonyl (C=O) groups excluding carboxylic acids is 2. The predicted octanol–water partition coefficient (Wildman–Crippen LogP) is 3.41. The summed E-state index contributed by atoms with van der Waals surface area (Å²) in [5.74, 6) is -0.216. The van der Waals surface area contributed by atoms with Crippen molar-refractivity contribution in [3.63, 3.8) is 0 Å². The van der Waals surface area contributed by atoms with Crippen LogP contribution in [0.1, 0.15) is 36.0 Å². The van der Waals surface area contributed by atoms with Crippen LogP contribution in [0, 0.1) is 0 Å². The maximum Gasteiger partial charge on any atom is 0.245 e. The van der Waals surface area contributed by atoms with Crippen molar-refractivity contribution in [2.45, 2.75) is 44.7 Å². The zero-order valence-electron chi connectivity index (χ0n) is 21.1. The molecule has 0 aromatic heterocycles. The topological polar surface area (TPSA) is 114 Å². The van der Waals surface area contributed by atoms with Crippen LogP contribution in [0.15, 0.2) is 83.9 Å². The number of hydrogen-bond donors (Lipinski definition) is 3. The lowest BCUT2D eigenvalue weighted by atomic mass is 10.0. The molecule has 37 heavy (non-hydrogen) atoms. The minimum Gasteiger partial charge on any atom is -0.370 e. The second-order valence-corrected chi connectivity index (χ2v) is 9.44. The van der Waals surface area contributed by atoms with Crippen LogP contribution in [0.25, 0.3) is 11.1 Å². The molecule has 3 aromatic rings. The van der Waals surface area contributed by atoms with Gasteiger partial charge in [0.1, 0.15) is 6.04 Å². The summed E-state index contributed by atoms with van der Waals surface area (Å²) in [5, 5.41) is 3.00. The number of nitrogens with zero attached hydrogens (tertiary/aromatic N) is 2. The highest BCUT2D eigenvalue weighted by Crippen LogP contribution is 2.21. The first-order valence-electron chi connectivity index (χ1n) is 12.8. The molecule has 0 saturated heterocycles. The molecule has 192 valence electrons. The van der Waals surface area contributed by atoms with Gasteiger partial charge in [0.05, 0.1) is 6.42 Å². The summed E-state index contributed by atoms with van der Waals surface area (Å²) in [7, 11) is 0. The van der Waals surface area contributed by atoms with Crippen LogP contribution < -0.4 is 16.8 Å². The van der Waals surface area contributed by atoms with Gasteiger partial charge in [-0.25, -0.2) is 0 Å². The van der Waals surface area contributed by atoms with Gasteiger partial charge in [-0.3, -0.25) is 14.6 Å². The Hall–Kier alpha value is -4.13. The van der Waals surface area contributed by atoms with Crippen molar-refractivity contribution < 1.29 is 9.59 Å². The molecular formula is C30H35N5O2. The third-order valence-electron chi connectivity index (χ3n) is 6.67. The molecule has 3 aromatic carbocycles. The van der Waals surface area contributed by atoms with Gasteiger partial charge in [0.2, 0.25) is 11.8 Å². The molecule has 1 heterocycles. The Labute approximate surface area is 218 Å². The van der Waals surface area contributed by atoms with Gasteiger partial charge >= 0.3 is 0 Å². The first-order chi connectivity index (χ1) is 18.0. The number of aliphatic imine (C=N–C) groups is 1. The minimum absolute atomic E-state index is 0.0231. The summed E-state index contributed by atoms with van der Waals surface area (Å²) in [6, 6.07) is 25.7. The van der Waals surface area contributed by atoms with Crippen molar-refractivity contribution in [2.75, 3.05) is 13.1 Å². The van der Waals surface area contributed by atoms with E-state index >= 15 is 0 Å². The number of hydrogen-bond acceptors (Lipinski definition) is 3. The summed E-state index contributed by atoms with van der Waals surface area (Å²) in [4.78, 5) is 32.5. The monoisotopic (exact) mass is 497 g/mol. The highest BCUT2D eigenvalue weighted by atomic mass is 16.2. The lowest BCUT2D eigenvalue weighted by molar-refractivity contribution is -0.137. The van der Waals surface area contributed by atoms with E-state index in [0.29, 0.717) is 32.5 Å². The van der Waals surface area contributed by atoms with Crippen LogP contribution in [-0.4, -0.2) is 41.8 Å². The van der Waals surface area contributed by atoms with Crippen LogP contribution in [0.2, 0.25) is 0 Å². The maximum absolute atomic E-state index is 13.6. The number of nitrogens with one attached hydrogen (secondary N) is 1. The van der Waals surface area contributed by atoms with Gasteiger partial charge in [-0.15, -0.1) is 0 Å². The second kappa shape index (κ2) is 12.7. The molecule has 1 atom stereocenters. The van der Waals surface area contributed by atoms with Crippen molar-refractivity contribution in [2.24, 2.45) is 16.5 Å². The Morgan fingerprint density at radius 2 is 1.57 bits per heavy atom. The van der Waals surface area contributed by atoms with Crippen LogP contribution >= 0.6 is 0 Å². The van der Waals surface area contributed by atoms with Gasteiger partial charge in [-0.1, -0.05) is 78.9 Å². The smallest absolute Gasteiger partial charge is 0.245 e. The number of amides is 2. The molecule has 4 rings (SSSR count). The Bertz CT molecular complexity index is 1220. The standard InChI is InChI=1S/C30H35N5O2/c31-30(32)33-18-6-13-27(29(37)35-19-7-12-24-10-4-5-11-26(24)21-35)34-28(36)20-22-14-16-25(17-15-22)23-8-2-1-3-9-23/h1-5,8-11,14-17,27H,6-7,12-13,18-21H2,(H,34,36)(H4,31,32,33). The first-order valence-corrected chi connectivity index (χ1v) is 12.8. The Balaban J connectivity index is 1.42. The summed E-state index contributed by atoms with van der Waals surface area (Å²) >= 11 is 0. The van der Waals surface area contributed by atoms with Crippen molar-refractivity contribution in [1.82, 2.24) is 10.2 Å². The fourth-order valence-corrected chi connectivity index (χ4v) is 4.75. The number of nitrogens with two attached hydrogens (primary N) is 2. The second-order valence-electron chi connectivity index (χ2n) is 9.44. The van der Waals surface area contributed by atoms with Crippen molar-refractivity contribution in [3.8, 4) is 11.1 Å². The van der Waals surface area contributed by atoms with Crippen molar-refractivity contribution in [3.05, 3.63) is 95.6 Å². The summed E-state index contributed by atoms with van der Waals surface area (Å²) in [5.41, 5.74) is 16.5. The molecule has 1 aliphatic rings. The number of carbonyl (C=O) groups is 2. The number of benzene rings is 3. The number of rotatable bonds is 9. The SMILES string of the molecule is NC(N)=NCCCC(NC(=O)Cc1ccc(-c2ccccc2)cc1)C(=O)N1CCCc2ccccc2C1. The van der Waals surface area contributed by atoms with E-state index in [1.165, 1.54) is 5.56 Å². The number of guanidine groups is 1. The molecular weight excluding hydrogens is 462 g/mol. The third kappa shape index (κ3) is 7.43. The summed E-state index contributed by atoms with van der Waals surface area (Å²) in [6.07, 6.45) is 3.10. The van der Waals surface area contributed by atoms with Gasteiger partial charge in [-0.2, -0.15) is 0 Å². The normalized spacial score (nSPS) is 13.7. The average Bonchev–Trinajstić information content (AvgIpc) is 3.13. The van der Waals surface area contributed by atoms with Gasteiger partial charge in [0.15, 0.2) is 5.96 Å². The number of fused-ring (bicyclic) bond motifs is 1. The molecule has 0 saturated carbocycles. The van der Waals surface area contributed by atoms with Gasteiger partial charge in [0.25, 0.3) is 0 Å². The first kappa shape index (κ1) is 25.9. The quantitative estimate of drug-likeness (QED) is 0.239. The largest absolute Gasteiger partial charge is 0.370 e. The zero-order chi connectivity index (χ0) is 26.0. The average molecular weight is 498 g/mol. The molecule has 1 unspecified atom stereocenters. The zero-order valence-corrected chi connectivity index (χ0v) is 21.1. The van der Waals surface area contributed by atoms with E-state index in [0.717, 1.165) is 35.1 Å². The Kier molecular flexibility index (Phi) is 8.92. The molecule has 1 aliphatic heterocycles. The summed E-state index contributed by atoms with van der Waals surface area (Å²) in [6.45, 7) is 1.62. The molecule has 2 amide bonds. The highest BCUT2D eigenvalue weighted by molar-refractivity contribution is 5.88. The number of aryl methyl sites for hydroxylation is 1. The van der Waals surface area contributed by atoms with Gasteiger partial charge in [-0.05, 0) is 53.5 Å². The van der Waals surface area contributed by atoms with Crippen LogP contribution in [0.4, 0.5) is 0 Å². The molecule has 0 radical (unpaired) electrons. The van der Waals surface area contributed by atoms with Crippen LogP contribution in [0.3, 0.4) is 0 Å². The van der Waals surface area contributed by atoms with E-state index in [-0.39, 0.29) is 24.2 Å². The van der Waals surface area contributed by atoms with E-state index in [9.17, 15) is 9.59 Å². The van der Waals surface area contributed by atoms with E-state index in [2.05, 4.69) is 34.6 Å². The Morgan fingerprint density at radius 1 is 0.892 bits per heavy atom. The van der Waals surface area contributed by atoms with Crippen molar-refractivity contribution >= 4 is 17.8 Å². The van der Waals surface area contributed by atoms with E-state index in [1.54, 1.807) is 0 Å². The lowest BCUT2D eigenvalue weighted by Crippen LogP contribution is -2.49. The molecule has 0 aliphatic carbocycles. The van der Waals surface area contributed by atoms with Gasteiger partial charge in [0, 0.05) is 19.6 Å². The molecule has 5 N–H and O–H groups in total. The molecule has 7 nitrogen and oxygen atoms in total. The fraction of sp³-hybridized carbons (Fsp3) is 0.300. The fourth-order valence-electron chi connectivity index (χ4n) is 4.75. The molecule has 7 heteroatoms. The third-order valence-corrected chi connectivity index (χ3v) is 6.67. The van der Waals surface area contributed by atoms with Gasteiger partial charge < -0.3 is 21.7 Å². The molecule has 0 spiro atoms. The summed E-state index contributed by atoms with van der Waals surface area (Å²) < 4.78 is 0. The maximum atomic E-state index is 13.6. The minimum atomic E-state index is -0.629.